The zero-order valence-corrected chi connectivity index (χ0v) is 10.7. The average Bonchev–Trinajstić information content (AvgIpc) is 2.97. The molecule has 0 unspecified atom stereocenters. The van der Waals surface area contributed by atoms with Gasteiger partial charge in [-0.05, 0) is 31.7 Å². The molecule has 17 heavy (non-hydrogen) atoms. The van der Waals surface area contributed by atoms with E-state index < -0.39 is 0 Å². The molecular weight excluding hydrogens is 214 g/mol. The summed E-state index contributed by atoms with van der Waals surface area (Å²) in [6, 6.07) is 0. The first kappa shape index (κ1) is 12.6. The maximum Gasteiger partial charge on any atom is 0.217 e. The fraction of sp³-hybridized carbons (Fsp3) is 0.846. The topological polar surface area (TPSA) is 51.0 Å². The SMILES string of the molecule is CCCNCCc1nnc(CC2CCCC2)o1. The van der Waals surface area contributed by atoms with Gasteiger partial charge in [-0.2, -0.15) is 0 Å². The first-order chi connectivity index (χ1) is 8.38. The predicted molar refractivity (Wildman–Crippen MR) is 66.8 cm³/mol. The highest BCUT2D eigenvalue weighted by molar-refractivity contribution is 4.86. The number of nitrogens with zero attached hydrogens (tertiary/aromatic N) is 2. The molecule has 1 fully saturated rings. The van der Waals surface area contributed by atoms with Crippen LogP contribution in [0.5, 0.6) is 0 Å². The largest absolute Gasteiger partial charge is 0.425 e. The third-order valence-electron chi connectivity index (χ3n) is 3.39. The summed E-state index contributed by atoms with van der Waals surface area (Å²) in [4.78, 5) is 0. The second-order valence-electron chi connectivity index (χ2n) is 4.94. The third kappa shape index (κ3) is 4.11. The molecule has 4 nitrogen and oxygen atoms in total. The third-order valence-corrected chi connectivity index (χ3v) is 3.39. The van der Waals surface area contributed by atoms with Gasteiger partial charge in [-0.25, -0.2) is 0 Å². The van der Waals surface area contributed by atoms with E-state index in [1.807, 2.05) is 0 Å². The lowest BCUT2D eigenvalue weighted by atomic mass is 10.0. The van der Waals surface area contributed by atoms with Crippen molar-refractivity contribution in [3.63, 3.8) is 0 Å². The molecule has 0 aliphatic heterocycles. The van der Waals surface area contributed by atoms with Crippen molar-refractivity contribution in [3.8, 4) is 0 Å². The van der Waals surface area contributed by atoms with Gasteiger partial charge in [-0.3, -0.25) is 0 Å². The van der Waals surface area contributed by atoms with E-state index in [1.165, 1.54) is 25.7 Å². The van der Waals surface area contributed by atoms with E-state index in [0.717, 1.165) is 50.1 Å². The van der Waals surface area contributed by atoms with Gasteiger partial charge in [-0.15, -0.1) is 10.2 Å². The summed E-state index contributed by atoms with van der Waals surface area (Å²) in [6.45, 7) is 4.15. The number of rotatable bonds is 7. The summed E-state index contributed by atoms with van der Waals surface area (Å²) in [5.74, 6) is 2.39. The molecule has 4 heteroatoms. The molecule has 0 spiro atoms. The molecule has 0 saturated heterocycles. The van der Waals surface area contributed by atoms with Crippen molar-refractivity contribution in [2.75, 3.05) is 13.1 Å². The highest BCUT2D eigenvalue weighted by Crippen LogP contribution is 2.27. The Morgan fingerprint density at radius 3 is 2.71 bits per heavy atom. The van der Waals surface area contributed by atoms with Crippen LogP contribution >= 0.6 is 0 Å². The Labute approximate surface area is 103 Å². The Hall–Kier alpha value is -0.900. The Kier molecular flexibility index (Phi) is 4.98. The first-order valence-electron chi connectivity index (χ1n) is 6.90. The number of hydrogen-bond donors (Lipinski definition) is 1. The van der Waals surface area contributed by atoms with Crippen LogP contribution in [0.25, 0.3) is 0 Å². The minimum absolute atomic E-state index is 0.779. The molecule has 0 atom stereocenters. The Balaban J connectivity index is 1.71. The molecule has 0 amide bonds. The Bertz CT molecular complexity index is 318. The minimum Gasteiger partial charge on any atom is -0.425 e. The zero-order chi connectivity index (χ0) is 11.9. The summed E-state index contributed by atoms with van der Waals surface area (Å²) in [6.07, 6.45) is 8.38. The molecule has 1 saturated carbocycles. The molecule has 1 aliphatic rings. The molecule has 1 N–H and O–H groups in total. The smallest absolute Gasteiger partial charge is 0.217 e. The van der Waals surface area contributed by atoms with Crippen molar-refractivity contribution in [3.05, 3.63) is 11.8 Å². The van der Waals surface area contributed by atoms with E-state index in [2.05, 4.69) is 22.4 Å². The molecule has 0 aromatic carbocycles. The summed E-state index contributed by atoms with van der Waals surface area (Å²) < 4.78 is 5.66. The standard InChI is InChI=1S/C13H23N3O/c1-2-8-14-9-7-12-15-16-13(17-12)10-11-5-3-4-6-11/h11,14H,2-10H2,1H3. The van der Waals surface area contributed by atoms with Gasteiger partial charge in [-0.1, -0.05) is 19.8 Å². The summed E-state index contributed by atoms with van der Waals surface area (Å²) in [5.41, 5.74) is 0. The van der Waals surface area contributed by atoms with Crippen LogP contribution in [-0.2, 0) is 12.8 Å². The molecule has 1 heterocycles. The van der Waals surface area contributed by atoms with Crippen LogP contribution in [0.4, 0.5) is 0 Å². The molecule has 1 aliphatic carbocycles. The lowest BCUT2D eigenvalue weighted by Gasteiger charge is -2.03. The minimum atomic E-state index is 0.779. The second kappa shape index (κ2) is 6.74. The first-order valence-corrected chi connectivity index (χ1v) is 6.90. The van der Waals surface area contributed by atoms with Gasteiger partial charge < -0.3 is 9.73 Å². The molecular formula is C13H23N3O. The quantitative estimate of drug-likeness (QED) is 0.740. The van der Waals surface area contributed by atoms with Gasteiger partial charge in [0.1, 0.15) is 0 Å². The molecule has 0 bridgehead atoms. The van der Waals surface area contributed by atoms with Crippen LogP contribution in [0.3, 0.4) is 0 Å². The summed E-state index contributed by atoms with van der Waals surface area (Å²) in [5, 5.41) is 11.6. The fourth-order valence-corrected chi connectivity index (χ4v) is 2.43. The normalized spacial score (nSPS) is 16.8. The van der Waals surface area contributed by atoms with E-state index in [1.54, 1.807) is 0 Å². The number of hydrogen-bond acceptors (Lipinski definition) is 4. The van der Waals surface area contributed by atoms with Crippen molar-refractivity contribution in [1.29, 1.82) is 0 Å². The molecule has 2 rings (SSSR count). The highest BCUT2D eigenvalue weighted by atomic mass is 16.4. The van der Waals surface area contributed by atoms with Crippen LogP contribution in [-0.4, -0.2) is 23.3 Å². The zero-order valence-electron chi connectivity index (χ0n) is 10.7. The van der Waals surface area contributed by atoms with Crippen molar-refractivity contribution >= 4 is 0 Å². The Morgan fingerprint density at radius 1 is 1.18 bits per heavy atom. The van der Waals surface area contributed by atoms with E-state index >= 15 is 0 Å². The number of nitrogens with one attached hydrogen (secondary N) is 1. The van der Waals surface area contributed by atoms with E-state index in [-0.39, 0.29) is 0 Å². The molecule has 0 radical (unpaired) electrons. The van der Waals surface area contributed by atoms with Crippen molar-refractivity contribution in [2.45, 2.75) is 51.9 Å². The van der Waals surface area contributed by atoms with Crippen LogP contribution in [0.2, 0.25) is 0 Å². The van der Waals surface area contributed by atoms with Crippen LogP contribution < -0.4 is 5.32 Å². The van der Waals surface area contributed by atoms with Gasteiger partial charge in [0.2, 0.25) is 11.8 Å². The summed E-state index contributed by atoms with van der Waals surface area (Å²) in [7, 11) is 0. The Morgan fingerprint density at radius 2 is 1.94 bits per heavy atom. The monoisotopic (exact) mass is 237 g/mol. The molecule has 1 aromatic heterocycles. The van der Waals surface area contributed by atoms with Crippen molar-refractivity contribution in [2.24, 2.45) is 5.92 Å². The average molecular weight is 237 g/mol. The van der Waals surface area contributed by atoms with Gasteiger partial charge in [0.25, 0.3) is 0 Å². The van der Waals surface area contributed by atoms with E-state index in [4.69, 9.17) is 4.42 Å². The van der Waals surface area contributed by atoms with Crippen LogP contribution in [0.15, 0.2) is 4.42 Å². The van der Waals surface area contributed by atoms with Crippen LogP contribution in [0.1, 0.15) is 50.8 Å². The van der Waals surface area contributed by atoms with E-state index in [9.17, 15) is 0 Å². The highest BCUT2D eigenvalue weighted by Gasteiger charge is 2.18. The van der Waals surface area contributed by atoms with Gasteiger partial charge >= 0.3 is 0 Å². The predicted octanol–water partition coefficient (Wildman–Crippen LogP) is 2.34. The number of aromatic nitrogens is 2. The maximum atomic E-state index is 5.66. The van der Waals surface area contributed by atoms with Crippen LogP contribution in [0, 0.1) is 5.92 Å². The van der Waals surface area contributed by atoms with Gasteiger partial charge in [0.05, 0.1) is 0 Å². The lowest BCUT2D eigenvalue weighted by molar-refractivity contribution is 0.405. The second-order valence-corrected chi connectivity index (χ2v) is 4.94. The molecule has 1 aromatic rings. The van der Waals surface area contributed by atoms with Gasteiger partial charge in [0.15, 0.2) is 0 Å². The fourth-order valence-electron chi connectivity index (χ4n) is 2.43. The maximum absolute atomic E-state index is 5.66. The van der Waals surface area contributed by atoms with Gasteiger partial charge in [0, 0.05) is 19.4 Å². The summed E-state index contributed by atoms with van der Waals surface area (Å²) >= 11 is 0. The van der Waals surface area contributed by atoms with E-state index in [0.29, 0.717) is 0 Å². The van der Waals surface area contributed by atoms with Crippen molar-refractivity contribution < 1.29 is 4.42 Å². The lowest BCUT2D eigenvalue weighted by Crippen LogP contribution is -2.17. The van der Waals surface area contributed by atoms with Crippen molar-refractivity contribution in [1.82, 2.24) is 15.5 Å². The molecule has 96 valence electrons.